The summed E-state index contributed by atoms with van der Waals surface area (Å²) in [4.78, 5) is 26.1. The fraction of sp³-hybridized carbons (Fsp3) is 0.182. The number of nitrogens with zero attached hydrogens (tertiary/aromatic N) is 3. The molecule has 1 N–H and O–H groups in total. The second-order valence-electron chi connectivity index (χ2n) is 6.78. The molecule has 0 saturated heterocycles. The van der Waals surface area contributed by atoms with Gasteiger partial charge >= 0.3 is 0 Å². The van der Waals surface area contributed by atoms with Gasteiger partial charge in [0.05, 0.1) is 42.4 Å². The molecule has 0 aliphatic carbocycles. The number of nitrogens with one attached hydrogen (secondary N) is 1. The van der Waals surface area contributed by atoms with E-state index < -0.39 is 11.7 Å². The Hall–Kier alpha value is -3.59. The number of benzene rings is 2. The van der Waals surface area contributed by atoms with Crippen molar-refractivity contribution in [3.8, 4) is 22.8 Å². The Balaban J connectivity index is 1.64. The summed E-state index contributed by atoms with van der Waals surface area (Å²) in [6, 6.07) is 7.87. The number of anilines is 1. The largest absolute Gasteiger partial charge is 0.493 e. The zero-order chi connectivity index (χ0) is 22.1. The van der Waals surface area contributed by atoms with Gasteiger partial charge in [-0.05, 0) is 38.1 Å². The van der Waals surface area contributed by atoms with Crippen LogP contribution in [0.3, 0.4) is 0 Å². The summed E-state index contributed by atoms with van der Waals surface area (Å²) >= 11 is 1.26. The average Bonchev–Trinajstić information content (AvgIpc) is 3.22. The lowest BCUT2D eigenvalue weighted by molar-refractivity contribution is 0.102. The van der Waals surface area contributed by atoms with Gasteiger partial charge in [-0.15, -0.1) is 11.3 Å². The number of aryl methyl sites for hydroxylation is 2. The van der Waals surface area contributed by atoms with E-state index in [1.807, 2.05) is 11.4 Å². The second kappa shape index (κ2) is 8.27. The lowest BCUT2D eigenvalue weighted by Gasteiger charge is -2.09. The van der Waals surface area contributed by atoms with Crippen LogP contribution in [0.2, 0.25) is 0 Å². The van der Waals surface area contributed by atoms with Gasteiger partial charge in [-0.3, -0.25) is 10.1 Å². The number of aromatic nitrogens is 3. The molecule has 0 aliphatic rings. The SMILES string of the molecule is COc1ccc(-c2csc(NC(=O)c3cc(F)cc4nc(C)c(C)nc34)n2)cc1OC. The smallest absolute Gasteiger partial charge is 0.259 e. The van der Waals surface area contributed by atoms with E-state index in [1.54, 1.807) is 40.2 Å². The molecule has 0 spiro atoms. The van der Waals surface area contributed by atoms with E-state index in [9.17, 15) is 9.18 Å². The standard InChI is InChI=1S/C22H19FN4O3S/c1-11-12(2)25-20-15(8-14(23)9-16(20)24-11)21(28)27-22-26-17(10-31-22)13-5-6-18(29-3)19(7-13)30-4/h5-10H,1-4H3,(H,26,27,28). The molecule has 31 heavy (non-hydrogen) atoms. The van der Waals surface area contributed by atoms with Crippen LogP contribution in [0.1, 0.15) is 21.7 Å². The molecule has 2 heterocycles. The number of hydrogen-bond donors (Lipinski definition) is 1. The number of fused-ring (bicyclic) bond motifs is 1. The molecule has 0 fully saturated rings. The number of rotatable bonds is 5. The van der Waals surface area contributed by atoms with Crippen LogP contribution < -0.4 is 14.8 Å². The first kappa shape index (κ1) is 20.7. The molecule has 4 aromatic rings. The van der Waals surface area contributed by atoms with Crippen LogP contribution in [0.15, 0.2) is 35.7 Å². The van der Waals surface area contributed by atoms with E-state index in [0.29, 0.717) is 44.7 Å². The Bertz CT molecular complexity index is 1310. The van der Waals surface area contributed by atoms with Crippen LogP contribution in [0, 0.1) is 19.7 Å². The molecule has 0 radical (unpaired) electrons. The van der Waals surface area contributed by atoms with Crippen LogP contribution >= 0.6 is 11.3 Å². The zero-order valence-corrected chi connectivity index (χ0v) is 18.1. The van der Waals surface area contributed by atoms with Crippen LogP contribution in [-0.2, 0) is 0 Å². The predicted molar refractivity (Wildman–Crippen MR) is 118 cm³/mol. The Morgan fingerprint density at radius 1 is 1.00 bits per heavy atom. The molecule has 0 aliphatic heterocycles. The van der Waals surface area contributed by atoms with E-state index in [-0.39, 0.29) is 5.56 Å². The molecule has 0 unspecified atom stereocenters. The van der Waals surface area contributed by atoms with Crippen LogP contribution in [0.4, 0.5) is 9.52 Å². The number of methoxy groups -OCH3 is 2. The van der Waals surface area contributed by atoms with Gasteiger partial charge in [-0.1, -0.05) is 0 Å². The average molecular weight is 438 g/mol. The highest BCUT2D eigenvalue weighted by Gasteiger charge is 2.17. The van der Waals surface area contributed by atoms with Gasteiger partial charge in [0.1, 0.15) is 11.3 Å². The molecular weight excluding hydrogens is 419 g/mol. The Labute approximate surface area is 181 Å². The molecule has 2 aromatic heterocycles. The number of ether oxygens (including phenoxy) is 2. The lowest BCUT2D eigenvalue weighted by atomic mass is 10.1. The van der Waals surface area contributed by atoms with Gasteiger partial charge in [0.2, 0.25) is 0 Å². The monoisotopic (exact) mass is 438 g/mol. The van der Waals surface area contributed by atoms with Crippen LogP contribution in [0.25, 0.3) is 22.3 Å². The summed E-state index contributed by atoms with van der Waals surface area (Å²) < 4.78 is 24.7. The molecular formula is C22H19FN4O3S. The van der Waals surface area contributed by atoms with Crippen molar-refractivity contribution >= 4 is 33.4 Å². The van der Waals surface area contributed by atoms with Gasteiger partial charge in [-0.25, -0.2) is 19.3 Å². The van der Waals surface area contributed by atoms with Gasteiger partial charge in [0.25, 0.3) is 5.91 Å². The molecule has 7 nitrogen and oxygen atoms in total. The molecule has 158 valence electrons. The van der Waals surface area contributed by atoms with Crippen molar-refractivity contribution in [3.63, 3.8) is 0 Å². The van der Waals surface area contributed by atoms with Gasteiger partial charge in [0, 0.05) is 17.0 Å². The Morgan fingerprint density at radius 2 is 1.74 bits per heavy atom. The lowest BCUT2D eigenvalue weighted by Crippen LogP contribution is -2.14. The van der Waals surface area contributed by atoms with E-state index in [2.05, 4.69) is 20.3 Å². The minimum absolute atomic E-state index is 0.105. The number of hydrogen-bond acceptors (Lipinski definition) is 7. The predicted octanol–water partition coefficient (Wildman–Crippen LogP) is 4.78. The summed E-state index contributed by atoms with van der Waals surface area (Å²) in [5, 5.41) is 4.92. The van der Waals surface area contributed by atoms with E-state index in [4.69, 9.17) is 9.47 Å². The second-order valence-corrected chi connectivity index (χ2v) is 7.64. The van der Waals surface area contributed by atoms with Crippen molar-refractivity contribution in [1.29, 1.82) is 0 Å². The number of thiazole rings is 1. The number of carbonyl (C=O) groups is 1. The van der Waals surface area contributed by atoms with Gasteiger partial charge < -0.3 is 9.47 Å². The first-order valence-electron chi connectivity index (χ1n) is 9.33. The molecule has 1 amide bonds. The third-order valence-electron chi connectivity index (χ3n) is 4.79. The minimum Gasteiger partial charge on any atom is -0.493 e. The first-order chi connectivity index (χ1) is 14.9. The van der Waals surface area contributed by atoms with Crippen LogP contribution in [0.5, 0.6) is 11.5 Å². The van der Waals surface area contributed by atoms with Gasteiger partial charge in [0.15, 0.2) is 16.6 Å². The van der Waals surface area contributed by atoms with Crippen molar-refractivity contribution < 1.29 is 18.7 Å². The molecule has 0 bridgehead atoms. The highest BCUT2D eigenvalue weighted by molar-refractivity contribution is 7.14. The normalized spacial score (nSPS) is 10.9. The number of amides is 1. The molecule has 2 aromatic carbocycles. The summed E-state index contributed by atoms with van der Waals surface area (Å²) in [5.74, 6) is 0.129. The topological polar surface area (TPSA) is 86.2 Å². The fourth-order valence-electron chi connectivity index (χ4n) is 3.09. The Morgan fingerprint density at radius 3 is 2.48 bits per heavy atom. The maximum atomic E-state index is 14.1. The zero-order valence-electron chi connectivity index (χ0n) is 17.3. The number of halogens is 1. The number of carbonyl (C=O) groups excluding carboxylic acids is 1. The van der Waals surface area contributed by atoms with E-state index >= 15 is 0 Å². The maximum absolute atomic E-state index is 14.1. The highest BCUT2D eigenvalue weighted by Crippen LogP contribution is 2.33. The fourth-order valence-corrected chi connectivity index (χ4v) is 3.81. The van der Waals surface area contributed by atoms with Crippen LogP contribution in [-0.4, -0.2) is 35.1 Å². The third kappa shape index (κ3) is 4.04. The minimum atomic E-state index is -0.555. The van der Waals surface area contributed by atoms with Gasteiger partial charge in [-0.2, -0.15) is 0 Å². The molecule has 0 saturated carbocycles. The van der Waals surface area contributed by atoms with Crippen molar-refractivity contribution in [2.24, 2.45) is 0 Å². The van der Waals surface area contributed by atoms with Crippen molar-refractivity contribution in [1.82, 2.24) is 15.0 Å². The quantitative estimate of drug-likeness (QED) is 0.483. The first-order valence-corrected chi connectivity index (χ1v) is 10.2. The van der Waals surface area contributed by atoms with Crippen molar-refractivity contribution in [2.45, 2.75) is 13.8 Å². The maximum Gasteiger partial charge on any atom is 0.259 e. The van der Waals surface area contributed by atoms with E-state index in [1.165, 1.54) is 17.4 Å². The van der Waals surface area contributed by atoms with Crippen molar-refractivity contribution in [3.05, 3.63) is 58.5 Å². The summed E-state index contributed by atoms with van der Waals surface area (Å²) in [5.41, 5.74) is 3.62. The third-order valence-corrected chi connectivity index (χ3v) is 5.55. The Kier molecular flexibility index (Phi) is 5.51. The summed E-state index contributed by atoms with van der Waals surface area (Å²) in [6.07, 6.45) is 0. The highest BCUT2D eigenvalue weighted by atomic mass is 32.1. The van der Waals surface area contributed by atoms with E-state index in [0.717, 1.165) is 11.6 Å². The molecule has 9 heteroatoms. The molecule has 0 atom stereocenters. The summed E-state index contributed by atoms with van der Waals surface area (Å²) in [7, 11) is 3.13. The summed E-state index contributed by atoms with van der Waals surface area (Å²) in [6.45, 7) is 3.58. The molecule has 4 rings (SSSR count). The van der Waals surface area contributed by atoms with Crippen molar-refractivity contribution in [2.75, 3.05) is 19.5 Å².